The van der Waals surface area contributed by atoms with Gasteiger partial charge in [0.15, 0.2) is 0 Å². The van der Waals surface area contributed by atoms with Crippen LogP contribution in [0.15, 0.2) is 12.5 Å². The lowest BCUT2D eigenvalue weighted by Gasteiger charge is -2.22. The molecule has 0 aromatic carbocycles. The van der Waals surface area contributed by atoms with Crippen molar-refractivity contribution in [3.05, 3.63) is 12.5 Å². The van der Waals surface area contributed by atoms with Gasteiger partial charge >= 0.3 is 0 Å². The van der Waals surface area contributed by atoms with E-state index in [-0.39, 0.29) is 5.78 Å². The van der Waals surface area contributed by atoms with Crippen LogP contribution in [0, 0.1) is 5.92 Å². The van der Waals surface area contributed by atoms with E-state index in [1.54, 1.807) is 0 Å². The van der Waals surface area contributed by atoms with Crippen molar-refractivity contribution in [2.45, 2.75) is 45.8 Å². The molecule has 80 valence electrons. The zero-order chi connectivity index (χ0) is 10.6. The van der Waals surface area contributed by atoms with Crippen LogP contribution in [0.25, 0.3) is 0 Å². The summed E-state index contributed by atoms with van der Waals surface area (Å²) < 4.78 is 10.5. The van der Waals surface area contributed by atoms with Gasteiger partial charge in [-0.05, 0) is 5.92 Å². The lowest BCUT2D eigenvalue weighted by atomic mass is 10.0. The molecule has 3 heteroatoms. The molecule has 1 aliphatic heterocycles. The molecular formula is C11H18O3. The second-order valence-electron chi connectivity index (χ2n) is 4.28. The molecule has 0 radical (unpaired) electrons. The molecule has 0 aromatic heterocycles. The quantitative estimate of drug-likeness (QED) is 0.681. The Bertz CT molecular complexity index is 223. The Morgan fingerprint density at radius 1 is 1.36 bits per heavy atom. The van der Waals surface area contributed by atoms with Crippen molar-refractivity contribution in [2.75, 3.05) is 0 Å². The Morgan fingerprint density at radius 3 is 2.43 bits per heavy atom. The summed E-state index contributed by atoms with van der Waals surface area (Å²) in [7, 11) is 0. The summed E-state index contributed by atoms with van der Waals surface area (Å²) in [5, 5.41) is 0. The maximum atomic E-state index is 11.4. The molecule has 0 bridgehead atoms. The van der Waals surface area contributed by atoms with Gasteiger partial charge < -0.3 is 9.47 Å². The maximum absolute atomic E-state index is 11.4. The molecule has 0 fully saturated rings. The summed E-state index contributed by atoms with van der Waals surface area (Å²) in [4.78, 5) is 11.4. The first-order valence-electron chi connectivity index (χ1n) is 5.04. The van der Waals surface area contributed by atoms with E-state index < -0.39 is 5.79 Å². The summed E-state index contributed by atoms with van der Waals surface area (Å²) in [5.41, 5.74) is 0. The third kappa shape index (κ3) is 3.40. The molecule has 0 aromatic rings. The number of carbonyl (C=O) groups is 1. The van der Waals surface area contributed by atoms with Gasteiger partial charge in [-0.2, -0.15) is 0 Å². The van der Waals surface area contributed by atoms with Crippen LogP contribution in [-0.2, 0) is 14.3 Å². The lowest BCUT2D eigenvalue weighted by Crippen LogP contribution is -2.26. The first kappa shape index (κ1) is 11.1. The van der Waals surface area contributed by atoms with Crippen molar-refractivity contribution < 1.29 is 14.3 Å². The van der Waals surface area contributed by atoms with Crippen molar-refractivity contribution >= 4 is 5.78 Å². The summed E-state index contributed by atoms with van der Waals surface area (Å²) >= 11 is 0. The van der Waals surface area contributed by atoms with Crippen LogP contribution in [0.5, 0.6) is 0 Å². The Labute approximate surface area is 85.1 Å². The molecule has 3 nitrogen and oxygen atoms in total. The zero-order valence-electron chi connectivity index (χ0n) is 9.08. The van der Waals surface area contributed by atoms with Crippen LogP contribution >= 0.6 is 0 Å². The molecule has 0 aliphatic carbocycles. The summed E-state index contributed by atoms with van der Waals surface area (Å²) in [6.07, 6.45) is 4.82. The van der Waals surface area contributed by atoms with E-state index >= 15 is 0 Å². The van der Waals surface area contributed by atoms with Crippen LogP contribution in [0.1, 0.15) is 40.0 Å². The van der Waals surface area contributed by atoms with Crippen LogP contribution < -0.4 is 0 Å². The average molecular weight is 198 g/mol. The van der Waals surface area contributed by atoms with E-state index in [1.165, 1.54) is 12.5 Å². The Kier molecular flexibility index (Phi) is 3.55. The Balaban J connectivity index is 2.23. The monoisotopic (exact) mass is 198 g/mol. The highest BCUT2D eigenvalue weighted by atomic mass is 16.7. The molecule has 0 saturated heterocycles. The number of rotatable bonds is 5. The molecule has 0 N–H and O–H groups in total. The normalized spacial score (nSPS) is 18.0. The molecule has 0 amide bonds. The molecule has 1 rings (SSSR count). The van der Waals surface area contributed by atoms with Crippen LogP contribution in [-0.4, -0.2) is 11.6 Å². The number of ether oxygens (including phenoxy) is 2. The highest BCUT2D eigenvalue weighted by Crippen LogP contribution is 2.25. The first-order valence-corrected chi connectivity index (χ1v) is 5.04. The third-order valence-corrected chi connectivity index (χ3v) is 2.18. The largest absolute Gasteiger partial charge is 0.457 e. The van der Waals surface area contributed by atoms with Gasteiger partial charge in [0, 0.05) is 26.2 Å². The molecule has 0 atom stereocenters. The van der Waals surface area contributed by atoms with Crippen LogP contribution in [0.2, 0.25) is 0 Å². The number of Topliss-reactive ketones (excluding diaryl/α,β-unsaturated/α-hetero) is 1. The van der Waals surface area contributed by atoms with Crippen molar-refractivity contribution in [1.82, 2.24) is 0 Å². The molecule has 0 saturated carbocycles. The predicted molar refractivity (Wildman–Crippen MR) is 53.4 cm³/mol. The summed E-state index contributed by atoms with van der Waals surface area (Å²) in [6, 6.07) is 0. The van der Waals surface area contributed by atoms with E-state index in [0.717, 1.165) is 0 Å². The second kappa shape index (κ2) is 4.49. The molecule has 14 heavy (non-hydrogen) atoms. The van der Waals surface area contributed by atoms with Crippen molar-refractivity contribution in [1.29, 1.82) is 0 Å². The standard InChI is InChI=1S/C11H18O3/c1-9(2)8-10(12)4-5-11(3)13-6-7-14-11/h6-7,9H,4-5,8H2,1-3H3. The van der Waals surface area contributed by atoms with Gasteiger partial charge in [0.2, 0.25) is 5.79 Å². The van der Waals surface area contributed by atoms with Gasteiger partial charge in [-0.25, -0.2) is 0 Å². The molecule has 1 heterocycles. The van der Waals surface area contributed by atoms with Crippen molar-refractivity contribution in [2.24, 2.45) is 5.92 Å². The fraction of sp³-hybridized carbons (Fsp3) is 0.727. The molecule has 0 unspecified atom stereocenters. The number of hydrogen-bond acceptors (Lipinski definition) is 3. The summed E-state index contributed by atoms with van der Waals surface area (Å²) in [5.74, 6) is 0.0892. The Morgan fingerprint density at radius 2 is 1.93 bits per heavy atom. The van der Waals surface area contributed by atoms with Crippen molar-refractivity contribution in [3.8, 4) is 0 Å². The van der Waals surface area contributed by atoms with E-state index in [2.05, 4.69) is 0 Å². The Hall–Kier alpha value is -0.990. The fourth-order valence-electron chi connectivity index (χ4n) is 1.41. The molecular weight excluding hydrogens is 180 g/mol. The minimum absolute atomic E-state index is 0.278. The van der Waals surface area contributed by atoms with E-state index in [0.29, 0.717) is 25.2 Å². The highest BCUT2D eigenvalue weighted by molar-refractivity contribution is 5.78. The highest BCUT2D eigenvalue weighted by Gasteiger charge is 2.29. The van der Waals surface area contributed by atoms with Gasteiger partial charge in [0.1, 0.15) is 18.3 Å². The minimum atomic E-state index is -0.618. The predicted octanol–water partition coefficient (Wildman–Crippen LogP) is 2.62. The fourth-order valence-corrected chi connectivity index (χ4v) is 1.41. The van der Waals surface area contributed by atoms with Crippen LogP contribution in [0.3, 0.4) is 0 Å². The molecule has 0 spiro atoms. The first-order chi connectivity index (χ1) is 6.52. The minimum Gasteiger partial charge on any atom is -0.457 e. The van der Waals surface area contributed by atoms with Crippen molar-refractivity contribution in [3.63, 3.8) is 0 Å². The third-order valence-electron chi connectivity index (χ3n) is 2.18. The summed E-state index contributed by atoms with van der Waals surface area (Å²) in [6.45, 7) is 5.93. The van der Waals surface area contributed by atoms with Gasteiger partial charge in [-0.15, -0.1) is 0 Å². The van der Waals surface area contributed by atoms with E-state index in [9.17, 15) is 4.79 Å². The van der Waals surface area contributed by atoms with E-state index in [4.69, 9.17) is 9.47 Å². The van der Waals surface area contributed by atoms with Gasteiger partial charge in [-0.3, -0.25) is 4.79 Å². The number of hydrogen-bond donors (Lipinski definition) is 0. The van der Waals surface area contributed by atoms with Gasteiger partial charge in [0.05, 0.1) is 0 Å². The average Bonchev–Trinajstić information content (AvgIpc) is 2.49. The zero-order valence-corrected chi connectivity index (χ0v) is 9.08. The van der Waals surface area contributed by atoms with Gasteiger partial charge in [-0.1, -0.05) is 13.8 Å². The number of ketones is 1. The smallest absolute Gasteiger partial charge is 0.247 e. The second-order valence-corrected chi connectivity index (χ2v) is 4.28. The molecule has 1 aliphatic rings. The topological polar surface area (TPSA) is 35.5 Å². The van der Waals surface area contributed by atoms with Gasteiger partial charge in [0.25, 0.3) is 0 Å². The lowest BCUT2D eigenvalue weighted by molar-refractivity contribution is -0.140. The number of carbonyl (C=O) groups excluding carboxylic acids is 1. The SMILES string of the molecule is CC(C)CC(=O)CCC1(C)OC=CO1. The van der Waals surface area contributed by atoms with Crippen LogP contribution in [0.4, 0.5) is 0 Å². The van der Waals surface area contributed by atoms with E-state index in [1.807, 2.05) is 20.8 Å². The maximum Gasteiger partial charge on any atom is 0.247 e.